The van der Waals surface area contributed by atoms with Crippen molar-refractivity contribution in [2.24, 2.45) is 0 Å². The number of aromatic hydroxyl groups is 1. The zero-order chi connectivity index (χ0) is 18.2. The number of benzene rings is 5. The summed E-state index contributed by atoms with van der Waals surface area (Å²) in [5.74, 6) is 0.314. The van der Waals surface area contributed by atoms with E-state index in [9.17, 15) is 5.11 Å². The monoisotopic (exact) mass is 346 g/mol. The van der Waals surface area contributed by atoms with Gasteiger partial charge in [-0.25, -0.2) is 0 Å². The number of rotatable bonds is 2. The minimum absolute atomic E-state index is 0.314. The van der Waals surface area contributed by atoms with Gasteiger partial charge >= 0.3 is 0 Å². The molecule has 1 nitrogen and oxygen atoms in total. The van der Waals surface area contributed by atoms with Gasteiger partial charge in [0.15, 0.2) is 0 Å². The summed E-state index contributed by atoms with van der Waals surface area (Å²) < 4.78 is 0. The molecule has 0 atom stereocenters. The van der Waals surface area contributed by atoms with E-state index in [1.54, 1.807) is 0 Å². The van der Waals surface area contributed by atoms with Gasteiger partial charge in [0.1, 0.15) is 5.75 Å². The summed E-state index contributed by atoms with van der Waals surface area (Å²) in [6.07, 6.45) is 0. The van der Waals surface area contributed by atoms with Crippen molar-refractivity contribution in [2.75, 3.05) is 0 Å². The van der Waals surface area contributed by atoms with Crippen LogP contribution < -0.4 is 0 Å². The molecule has 0 aromatic heterocycles. The molecule has 0 saturated carbocycles. The van der Waals surface area contributed by atoms with Crippen LogP contribution in [0.25, 0.3) is 43.8 Å². The van der Waals surface area contributed by atoms with E-state index in [1.165, 1.54) is 10.8 Å². The molecule has 27 heavy (non-hydrogen) atoms. The van der Waals surface area contributed by atoms with E-state index in [4.69, 9.17) is 0 Å². The first-order valence-electron chi connectivity index (χ1n) is 9.10. The van der Waals surface area contributed by atoms with E-state index < -0.39 is 0 Å². The van der Waals surface area contributed by atoms with Crippen molar-refractivity contribution in [3.8, 4) is 28.0 Å². The van der Waals surface area contributed by atoms with Crippen LogP contribution in [0.1, 0.15) is 0 Å². The van der Waals surface area contributed by atoms with Crippen LogP contribution in [0.3, 0.4) is 0 Å². The van der Waals surface area contributed by atoms with E-state index in [-0.39, 0.29) is 0 Å². The first-order chi connectivity index (χ1) is 13.3. The highest BCUT2D eigenvalue weighted by atomic mass is 16.3. The highest BCUT2D eigenvalue weighted by molar-refractivity contribution is 6.08. The number of fused-ring (bicyclic) bond motifs is 2. The third-order valence-corrected chi connectivity index (χ3v) is 5.15. The molecule has 0 fully saturated rings. The first kappa shape index (κ1) is 15.7. The summed E-state index contributed by atoms with van der Waals surface area (Å²) in [4.78, 5) is 0. The van der Waals surface area contributed by atoms with Gasteiger partial charge < -0.3 is 5.11 Å². The number of hydrogen-bond donors (Lipinski definition) is 1. The van der Waals surface area contributed by atoms with E-state index in [0.717, 1.165) is 33.0 Å². The predicted octanol–water partition coefficient (Wildman–Crippen LogP) is 7.03. The minimum Gasteiger partial charge on any atom is -0.507 e. The number of phenols is 1. The highest BCUT2D eigenvalue weighted by Crippen LogP contribution is 2.42. The Balaban J connectivity index is 1.89. The molecule has 0 heterocycles. The van der Waals surface area contributed by atoms with Crippen LogP contribution in [-0.4, -0.2) is 5.11 Å². The smallest absolute Gasteiger partial charge is 0.124 e. The molecule has 1 N–H and O–H groups in total. The second-order valence-corrected chi connectivity index (χ2v) is 6.79. The highest BCUT2D eigenvalue weighted by Gasteiger charge is 2.15. The minimum atomic E-state index is 0.314. The Labute approximate surface area is 158 Å². The average Bonchev–Trinajstić information content (AvgIpc) is 2.74. The van der Waals surface area contributed by atoms with Gasteiger partial charge in [0.2, 0.25) is 0 Å². The summed E-state index contributed by atoms with van der Waals surface area (Å²) in [6, 6.07) is 35.2. The van der Waals surface area contributed by atoms with Crippen LogP contribution in [0.5, 0.6) is 5.75 Å². The summed E-state index contributed by atoms with van der Waals surface area (Å²) in [6.45, 7) is 0. The van der Waals surface area contributed by atoms with E-state index >= 15 is 0 Å². The summed E-state index contributed by atoms with van der Waals surface area (Å²) in [7, 11) is 0. The van der Waals surface area contributed by atoms with Crippen molar-refractivity contribution >= 4 is 21.5 Å². The Morgan fingerprint density at radius 1 is 0.481 bits per heavy atom. The van der Waals surface area contributed by atoms with Gasteiger partial charge in [0, 0.05) is 5.39 Å². The Morgan fingerprint density at radius 3 is 1.96 bits per heavy atom. The van der Waals surface area contributed by atoms with Crippen molar-refractivity contribution in [1.82, 2.24) is 0 Å². The largest absolute Gasteiger partial charge is 0.507 e. The summed E-state index contributed by atoms with van der Waals surface area (Å²) in [5, 5.41) is 15.0. The number of phenolic OH excluding ortho intramolecular Hbond substituents is 1. The lowest BCUT2D eigenvalue weighted by Crippen LogP contribution is -1.89. The molecule has 0 aliphatic rings. The molecule has 5 rings (SSSR count). The molecule has 0 unspecified atom stereocenters. The van der Waals surface area contributed by atoms with Crippen molar-refractivity contribution in [1.29, 1.82) is 0 Å². The number of hydrogen-bond acceptors (Lipinski definition) is 1. The maximum absolute atomic E-state index is 10.7. The third kappa shape index (κ3) is 2.65. The second kappa shape index (κ2) is 6.30. The van der Waals surface area contributed by atoms with Gasteiger partial charge in [0.05, 0.1) is 0 Å². The van der Waals surface area contributed by atoms with E-state index in [1.807, 2.05) is 42.5 Å². The van der Waals surface area contributed by atoms with Crippen LogP contribution in [-0.2, 0) is 0 Å². The van der Waals surface area contributed by atoms with Crippen molar-refractivity contribution in [3.63, 3.8) is 0 Å². The van der Waals surface area contributed by atoms with Crippen LogP contribution in [0.4, 0.5) is 0 Å². The molecule has 0 aliphatic carbocycles. The fourth-order valence-electron chi connectivity index (χ4n) is 3.86. The zero-order valence-electron chi connectivity index (χ0n) is 14.8. The fraction of sp³-hybridized carbons (Fsp3) is 0. The van der Waals surface area contributed by atoms with Crippen molar-refractivity contribution in [3.05, 3.63) is 103 Å². The van der Waals surface area contributed by atoms with Gasteiger partial charge in [-0.2, -0.15) is 0 Å². The molecule has 0 aliphatic heterocycles. The Morgan fingerprint density at radius 2 is 1.15 bits per heavy atom. The molecule has 5 aromatic carbocycles. The van der Waals surface area contributed by atoms with Gasteiger partial charge in [-0.05, 0) is 50.5 Å². The lowest BCUT2D eigenvalue weighted by molar-refractivity contribution is 0.482. The normalized spacial score (nSPS) is 11.1. The lowest BCUT2D eigenvalue weighted by Gasteiger charge is -2.16. The Hall–Kier alpha value is -3.58. The molecule has 128 valence electrons. The third-order valence-electron chi connectivity index (χ3n) is 5.15. The molecular weight excluding hydrogens is 328 g/mol. The Kier molecular flexibility index (Phi) is 3.65. The van der Waals surface area contributed by atoms with Crippen LogP contribution in [0.2, 0.25) is 0 Å². The maximum Gasteiger partial charge on any atom is 0.124 e. The molecule has 0 bridgehead atoms. The van der Waals surface area contributed by atoms with E-state index in [0.29, 0.717) is 5.75 Å². The van der Waals surface area contributed by atoms with Gasteiger partial charge in [-0.15, -0.1) is 0 Å². The molecule has 0 spiro atoms. The van der Waals surface area contributed by atoms with Crippen LogP contribution >= 0.6 is 0 Å². The van der Waals surface area contributed by atoms with Crippen LogP contribution in [0.15, 0.2) is 103 Å². The molecule has 1 heteroatoms. The lowest BCUT2D eigenvalue weighted by atomic mass is 9.88. The van der Waals surface area contributed by atoms with Gasteiger partial charge in [-0.1, -0.05) is 91.0 Å². The van der Waals surface area contributed by atoms with Gasteiger partial charge in [-0.3, -0.25) is 0 Å². The van der Waals surface area contributed by atoms with E-state index in [2.05, 4.69) is 60.7 Å². The summed E-state index contributed by atoms with van der Waals surface area (Å²) >= 11 is 0. The summed E-state index contributed by atoms with van der Waals surface area (Å²) in [5.41, 5.74) is 4.45. The fourth-order valence-corrected chi connectivity index (χ4v) is 3.86. The van der Waals surface area contributed by atoms with Crippen molar-refractivity contribution in [2.45, 2.75) is 0 Å². The van der Waals surface area contributed by atoms with Crippen LogP contribution in [0, 0.1) is 0 Å². The standard InChI is InChI=1S/C26H18O/c27-25-17-24(19-9-2-1-3-10-19)26(23-13-7-6-12-22(23)25)21-15-14-18-8-4-5-11-20(18)16-21/h1-17,27H. The second-order valence-electron chi connectivity index (χ2n) is 6.79. The molecular formula is C26H18O. The predicted molar refractivity (Wildman–Crippen MR) is 114 cm³/mol. The SMILES string of the molecule is Oc1cc(-c2ccccc2)c(-c2ccc3ccccc3c2)c2ccccc12. The molecule has 0 radical (unpaired) electrons. The zero-order valence-corrected chi connectivity index (χ0v) is 14.8. The first-order valence-corrected chi connectivity index (χ1v) is 9.10. The Bertz CT molecular complexity index is 1270. The molecule has 5 aromatic rings. The molecule has 0 amide bonds. The maximum atomic E-state index is 10.7. The molecule has 0 saturated heterocycles. The van der Waals surface area contributed by atoms with Gasteiger partial charge in [0.25, 0.3) is 0 Å². The average molecular weight is 346 g/mol. The quantitative estimate of drug-likeness (QED) is 0.364. The topological polar surface area (TPSA) is 20.2 Å². The van der Waals surface area contributed by atoms with Crippen molar-refractivity contribution < 1.29 is 5.11 Å².